The molecule has 5 heteroatoms. The van der Waals surface area contributed by atoms with Crippen molar-refractivity contribution < 1.29 is 17.9 Å². The molecule has 0 saturated heterocycles. The highest BCUT2D eigenvalue weighted by molar-refractivity contribution is 5.28. The Morgan fingerprint density at radius 3 is 2.65 bits per heavy atom. The number of hydrogen-bond acceptors (Lipinski definition) is 2. The lowest BCUT2D eigenvalue weighted by Gasteiger charge is -2.14. The van der Waals surface area contributed by atoms with Crippen LogP contribution in [0.3, 0.4) is 0 Å². The molecule has 17 heavy (non-hydrogen) atoms. The SMILES string of the molecule is CCc1cccc(OCC(C#N)C(F)(F)F)c1. The molecule has 1 atom stereocenters. The molecule has 92 valence electrons. The number of hydrogen-bond donors (Lipinski definition) is 0. The fourth-order valence-electron chi connectivity index (χ4n) is 1.24. The zero-order chi connectivity index (χ0) is 12.9. The average Bonchev–Trinajstić information content (AvgIpc) is 2.28. The Kier molecular flexibility index (Phi) is 4.38. The second-order valence-electron chi connectivity index (χ2n) is 3.54. The fourth-order valence-corrected chi connectivity index (χ4v) is 1.24. The standard InChI is InChI=1S/C12H12F3NO/c1-2-9-4-3-5-11(6-9)17-8-10(7-16)12(13,14)15/h3-6,10H,2,8H2,1H3. The first-order chi connectivity index (χ1) is 7.97. The molecular weight excluding hydrogens is 231 g/mol. The van der Waals surface area contributed by atoms with E-state index < -0.39 is 18.7 Å². The lowest BCUT2D eigenvalue weighted by molar-refractivity contribution is -0.165. The van der Waals surface area contributed by atoms with Gasteiger partial charge in [0.15, 0.2) is 5.92 Å². The van der Waals surface area contributed by atoms with Crippen molar-refractivity contribution in [2.75, 3.05) is 6.61 Å². The summed E-state index contributed by atoms with van der Waals surface area (Å²) in [5.41, 5.74) is 0.975. The topological polar surface area (TPSA) is 33.0 Å². The first-order valence-corrected chi connectivity index (χ1v) is 5.15. The van der Waals surface area contributed by atoms with E-state index in [2.05, 4.69) is 0 Å². The fraction of sp³-hybridized carbons (Fsp3) is 0.417. The van der Waals surface area contributed by atoms with Crippen molar-refractivity contribution >= 4 is 0 Å². The van der Waals surface area contributed by atoms with E-state index in [1.165, 1.54) is 6.07 Å². The van der Waals surface area contributed by atoms with E-state index in [9.17, 15) is 13.2 Å². The summed E-state index contributed by atoms with van der Waals surface area (Å²) in [6.45, 7) is 1.26. The van der Waals surface area contributed by atoms with Gasteiger partial charge in [-0.2, -0.15) is 18.4 Å². The van der Waals surface area contributed by atoms with E-state index in [-0.39, 0.29) is 0 Å². The minimum atomic E-state index is -4.54. The normalized spacial score (nSPS) is 12.9. The highest BCUT2D eigenvalue weighted by atomic mass is 19.4. The summed E-state index contributed by atoms with van der Waals surface area (Å²) in [5.74, 6) is -1.73. The molecule has 0 aliphatic heterocycles. The van der Waals surface area contributed by atoms with E-state index in [1.54, 1.807) is 18.2 Å². The molecule has 1 aromatic carbocycles. The number of nitriles is 1. The lowest BCUT2D eigenvalue weighted by Crippen LogP contribution is -2.27. The van der Waals surface area contributed by atoms with Gasteiger partial charge in [-0.15, -0.1) is 0 Å². The van der Waals surface area contributed by atoms with Gasteiger partial charge in [0.2, 0.25) is 0 Å². The van der Waals surface area contributed by atoms with Crippen LogP contribution < -0.4 is 4.74 Å². The maximum atomic E-state index is 12.3. The third-order valence-electron chi connectivity index (χ3n) is 2.27. The minimum absolute atomic E-state index is 0.355. The van der Waals surface area contributed by atoms with Crippen LogP contribution in [0.4, 0.5) is 13.2 Å². The van der Waals surface area contributed by atoms with Crippen LogP contribution in [0.15, 0.2) is 24.3 Å². The summed E-state index contributed by atoms with van der Waals surface area (Å²) in [5, 5.41) is 8.39. The van der Waals surface area contributed by atoms with Gasteiger partial charge >= 0.3 is 6.18 Å². The maximum Gasteiger partial charge on any atom is 0.407 e. The first-order valence-electron chi connectivity index (χ1n) is 5.15. The van der Waals surface area contributed by atoms with Crippen LogP contribution in [0.2, 0.25) is 0 Å². The zero-order valence-electron chi connectivity index (χ0n) is 9.29. The summed E-state index contributed by atoms with van der Waals surface area (Å²) in [6, 6.07) is 8.01. The highest BCUT2D eigenvalue weighted by Crippen LogP contribution is 2.26. The van der Waals surface area contributed by atoms with Gasteiger partial charge < -0.3 is 4.74 Å². The van der Waals surface area contributed by atoms with Crippen molar-refractivity contribution in [3.63, 3.8) is 0 Å². The van der Waals surface area contributed by atoms with Crippen LogP contribution in [0.25, 0.3) is 0 Å². The van der Waals surface area contributed by atoms with Crippen molar-refractivity contribution in [2.45, 2.75) is 19.5 Å². The van der Waals surface area contributed by atoms with Crippen LogP contribution in [-0.2, 0) is 6.42 Å². The van der Waals surface area contributed by atoms with Crippen molar-refractivity contribution in [3.8, 4) is 11.8 Å². The summed E-state index contributed by atoms with van der Waals surface area (Å²) in [4.78, 5) is 0. The Labute approximate surface area is 97.6 Å². The van der Waals surface area contributed by atoms with Crippen LogP contribution in [0, 0.1) is 17.2 Å². The predicted molar refractivity (Wildman–Crippen MR) is 56.5 cm³/mol. The Morgan fingerprint density at radius 2 is 2.12 bits per heavy atom. The van der Waals surface area contributed by atoms with Crippen molar-refractivity contribution in [2.24, 2.45) is 5.92 Å². The quantitative estimate of drug-likeness (QED) is 0.812. The summed E-state index contributed by atoms with van der Waals surface area (Å²) in [7, 11) is 0. The Morgan fingerprint density at radius 1 is 1.41 bits per heavy atom. The molecule has 0 bridgehead atoms. The van der Waals surface area contributed by atoms with Crippen molar-refractivity contribution in [1.29, 1.82) is 5.26 Å². The third-order valence-corrected chi connectivity index (χ3v) is 2.27. The van der Waals surface area contributed by atoms with Crippen molar-refractivity contribution in [1.82, 2.24) is 0 Å². The molecule has 0 aromatic heterocycles. The Hall–Kier alpha value is -1.70. The number of alkyl halides is 3. The van der Waals surface area contributed by atoms with Gasteiger partial charge in [-0.25, -0.2) is 0 Å². The smallest absolute Gasteiger partial charge is 0.407 e. The summed E-state index contributed by atoms with van der Waals surface area (Å²) < 4.78 is 41.8. The number of aryl methyl sites for hydroxylation is 1. The van der Waals surface area contributed by atoms with Crippen LogP contribution in [-0.4, -0.2) is 12.8 Å². The molecule has 1 unspecified atom stereocenters. The first kappa shape index (κ1) is 13.4. The minimum Gasteiger partial charge on any atom is -0.492 e. The van der Waals surface area contributed by atoms with Gasteiger partial charge in [-0.1, -0.05) is 19.1 Å². The second-order valence-corrected chi connectivity index (χ2v) is 3.54. The average molecular weight is 243 g/mol. The van der Waals surface area contributed by atoms with E-state index in [0.717, 1.165) is 12.0 Å². The number of benzene rings is 1. The van der Waals surface area contributed by atoms with Crippen LogP contribution in [0.5, 0.6) is 5.75 Å². The Balaban J connectivity index is 2.64. The molecule has 0 amide bonds. The van der Waals surface area contributed by atoms with Crippen LogP contribution >= 0.6 is 0 Å². The molecule has 0 spiro atoms. The van der Waals surface area contributed by atoms with Gasteiger partial charge in [0.25, 0.3) is 0 Å². The summed E-state index contributed by atoms with van der Waals surface area (Å²) in [6.07, 6.45) is -3.77. The predicted octanol–water partition coefficient (Wildman–Crippen LogP) is 3.33. The van der Waals surface area contributed by atoms with Crippen molar-refractivity contribution in [3.05, 3.63) is 29.8 Å². The van der Waals surface area contributed by atoms with Crippen LogP contribution in [0.1, 0.15) is 12.5 Å². The summed E-state index contributed by atoms with van der Waals surface area (Å²) >= 11 is 0. The molecule has 0 aliphatic rings. The highest BCUT2D eigenvalue weighted by Gasteiger charge is 2.40. The molecule has 2 nitrogen and oxygen atoms in total. The zero-order valence-corrected chi connectivity index (χ0v) is 9.29. The maximum absolute atomic E-state index is 12.3. The molecule has 0 heterocycles. The Bertz CT molecular complexity index is 409. The van der Waals surface area contributed by atoms with E-state index in [4.69, 9.17) is 10.00 Å². The molecule has 0 N–H and O–H groups in total. The number of halogens is 3. The van der Waals surface area contributed by atoms with Gasteiger partial charge in [0, 0.05) is 0 Å². The molecule has 1 rings (SSSR count). The van der Waals surface area contributed by atoms with E-state index in [1.807, 2.05) is 13.0 Å². The lowest BCUT2D eigenvalue weighted by atomic mass is 10.1. The van der Waals surface area contributed by atoms with E-state index in [0.29, 0.717) is 5.75 Å². The largest absolute Gasteiger partial charge is 0.492 e. The third kappa shape index (κ3) is 3.99. The number of rotatable bonds is 4. The molecule has 1 aromatic rings. The number of nitrogens with zero attached hydrogens (tertiary/aromatic N) is 1. The van der Waals surface area contributed by atoms with Gasteiger partial charge in [0.1, 0.15) is 12.4 Å². The number of ether oxygens (including phenoxy) is 1. The molecule has 0 fully saturated rings. The second kappa shape index (κ2) is 5.58. The van der Waals surface area contributed by atoms with E-state index >= 15 is 0 Å². The molecule has 0 radical (unpaired) electrons. The molecule has 0 aliphatic carbocycles. The monoisotopic (exact) mass is 243 g/mol. The molecular formula is C12H12F3NO. The van der Waals surface area contributed by atoms with Gasteiger partial charge in [-0.3, -0.25) is 0 Å². The van der Waals surface area contributed by atoms with Gasteiger partial charge in [0.05, 0.1) is 6.07 Å². The molecule has 0 saturated carbocycles. The van der Waals surface area contributed by atoms with Gasteiger partial charge in [-0.05, 0) is 24.1 Å².